The van der Waals surface area contributed by atoms with E-state index >= 15 is 0 Å². The minimum absolute atomic E-state index is 0.174. The molecule has 2 aromatic heterocycles. The first-order valence-electron chi connectivity index (χ1n) is 7.24. The number of fused-ring (bicyclic) bond motifs is 1. The van der Waals surface area contributed by atoms with Gasteiger partial charge in [0.25, 0.3) is 0 Å². The zero-order chi connectivity index (χ0) is 16.6. The molecule has 0 spiro atoms. The van der Waals surface area contributed by atoms with Gasteiger partial charge in [0.1, 0.15) is 24.1 Å². The number of imidazole rings is 1. The summed E-state index contributed by atoms with van der Waals surface area (Å²) >= 11 is 0. The van der Waals surface area contributed by atoms with E-state index < -0.39 is 37.1 Å². The molecule has 0 aromatic carbocycles. The molecule has 0 radical (unpaired) electrons. The lowest BCUT2D eigenvalue weighted by atomic mass is 9.91. The summed E-state index contributed by atoms with van der Waals surface area (Å²) in [6.45, 7) is -0.682. The first-order chi connectivity index (χ1) is 11.1. The number of anilines is 1. The number of ether oxygens (including phenoxy) is 1. The molecule has 1 fully saturated rings. The highest BCUT2D eigenvalue weighted by molar-refractivity contribution is 5.81. The second-order valence-corrected chi connectivity index (χ2v) is 5.49. The summed E-state index contributed by atoms with van der Waals surface area (Å²) in [6.07, 6.45) is -0.928. The Morgan fingerprint density at radius 1 is 1.30 bits per heavy atom. The second-order valence-electron chi connectivity index (χ2n) is 5.49. The highest BCUT2D eigenvalue weighted by Gasteiger charge is 2.47. The topological polar surface area (TPSA) is 160 Å². The van der Waals surface area contributed by atoms with Crippen molar-refractivity contribution in [2.75, 3.05) is 18.9 Å². The average molecular weight is 325 g/mol. The lowest BCUT2D eigenvalue weighted by Gasteiger charge is -2.22. The van der Waals surface area contributed by atoms with Crippen LogP contribution in [-0.2, 0) is 4.74 Å². The van der Waals surface area contributed by atoms with Crippen molar-refractivity contribution in [1.29, 1.82) is 0 Å². The molecule has 1 aliphatic rings. The lowest BCUT2D eigenvalue weighted by Crippen LogP contribution is -2.37. The van der Waals surface area contributed by atoms with Crippen LogP contribution in [-0.4, -0.2) is 71.5 Å². The van der Waals surface area contributed by atoms with Crippen LogP contribution in [0, 0.1) is 5.92 Å². The first kappa shape index (κ1) is 16.0. The Morgan fingerprint density at radius 3 is 2.78 bits per heavy atom. The molecule has 6 N–H and O–H groups in total. The van der Waals surface area contributed by atoms with Gasteiger partial charge in [-0.05, 0) is 6.42 Å². The Hall–Kier alpha value is -1.85. The molecule has 2 aromatic rings. The molecule has 1 saturated heterocycles. The Morgan fingerprint density at radius 2 is 2.09 bits per heavy atom. The number of rotatable bonds is 5. The molecule has 0 unspecified atom stereocenters. The fourth-order valence-electron chi connectivity index (χ4n) is 3.00. The van der Waals surface area contributed by atoms with Gasteiger partial charge in [-0.15, -0.1) is 0 Å². The lowest BCUT2D eigenvalue weighted by molar-refractivity contribution is -0.0896. The standard InChI is InChI=1S/C13H19N5O5/c14-11-8-12(16-4-15-11)18(5-17-8)13-9(22)6(1-2-19)10(23-13)7(21)3-20/h4-7,9-10,13,19-22H,1-3H2,(H2,14,15,16)/t6-,7+,9+,10-,13+/m0/s1. The van der Waals surface area contributed by atoms with Crippen LogP contribution < -0.4 is 5.73 Å². The van der Waals surface area contributed by atoms with Crippen LogP contribution in [0.2, 0.25) is 0 Å². The largest absolute Gasteiger partial charge is 0.396 e. The van der Waals surface area contributed by atoms with Crippen molar-refractivity contribution >= 4 is 17.0 Å². The molecule has 0 saturated carbocycles. The van der Waals surface area contributed by atoms with Crippen molar-refractivity contribution < 1.29 is 25.2 Å². The second kappa shape index (κ2) is 6.34. The average Bonchev–Trinajstić information content (AvgIpc) is 3.10. The van der Waals surface area contributed by atoms with Gasteiger partial charge in [-0.25, -0.2) is 15.0 Å². The van der Waals surface area contributed by atoms with E-state index in [4.69, 9.17) is 15.6 Å². The SMILES string of the molecule is Nc1ncnc2c1ncn2[C@@H]1O[C@H]([C@H](O)CO)[C@@H](CCO)[C@H]1O. The third-order valence-electron chi connectivity index (χ3n) is 4.14. The molecular formula is C13H19N5O5. The number of aliphatic hydroxyl groups excluding tert-OH is 4. The van der Waals surface area contributed by atoms with Crippen LogP contribution >= 0.6 is 0 Å². The van der Waals surface area contributed by atoms with Crippen molar-refractivity contribution in [2.45, 2.75) is 31.0 Å². The van der Waals surface area contributed by atoms with E-state index in [1.807, 2.05) is 0 Å². The molecule has 0 amide bonds. The molecular weight excluding hydrogens is 306 g/mol. The molecule has 10 heteroatoms. The normalized spacial score (nSPS) is 29.2. The van der Waals surface area contributed by atoms with Crippen molar-refractivity contribution in [3.8, 4) is 0 Å². The van der Waals surface area contributed by atoms with E-state index in [0.717, 1.165) is 0 Å². The number of hydrogen-bond acceptors (Lipinski definition) is 9. The summed E-state index contributed by atoms with van der Waals surface area (Å²) in [5.41, 5.74) is 6.51. The maximum absolute atomic E-state index is 10.5. The van der Waals surface area contributed by atoms with Crippen LogP contribution in [0.5, 0.6) is 0 Å². The summed E-state index contributed by atoms with van der Waals surface area (Å²) in [4.78, 5) is 12.1. The van der Waals surface area contributed by atoms with Gasteiger partial charge in [0.2, 0.25) is 0 Å². The molecule has 23 heavy (non-hydrogen) atoms. The molecule has 1 aliphatic heterocycles. The Kier molecular flexibility index (Phi) is 4.41. The number of nitrogens with zero attached hydrogens (tertiary/aromatic N) is 4. The Bertz CT molecular complexity index is 680. The maximum atomic E-state index is 10.5. The van der Waals surface area contributed by atoms with Gasteiger partial charge >= 0.3 is 0 Å². The van der Waals surface area contributed by atoms with Crippen molar-refractivity contribution in [2.24, 2.45) is 5.92 Å². The van der Waals surface area contributed by atoms with Gasteiger partial charge in [0, 0.05) is 12.5 Å². The molecule has 5 atom stereocenters. The minimum atomic E-state index is -1.17. The van der Waals surface area contributed by atoms with Gasteiger partial charge in [-0.1, -0.05) is 0 Å². The fourth-order valence-corrected chi connectivity index (χ4v) is 3.00. The van der Waals surface area contributed by atoms with Crippen LogP contribution in [0.3, 0.4) is 0 Å². The highest BCUT2D eigenvalue weighted by atomic mass is 16.5. The van der Waals surface area contributed by atoms with Crippen LogP contribution in [0.15, 0.2) is 12.7 Å². The molecule has 126 valence electrons. The Balaban J connectivity index is 1.97. The van der Waals surface area contributed by atoms with E-state index in [9.17, 15) is 15.3 Å². The van der Waals surface area contributed by atoms with E-state index in [1.54, 1.807) is 0 Å². The zero-order valence-electron chi connectivity index (χ0n) is 12.2. The third-order valence-corrected chi connectivity index (χ3v) is 4.14. The van der Waals surface area contributed by atoms with E-state index in [-0.39, 0.29) is 18.8 Å². The van der Waals surface area contributed by atoms with Gasteiger partial charge in [-0.3, -0.25) is 4.57 Å². The van der Waals surface area contributed by atoms with Crippen LogP contribution in [0.25, 0.3) is 11.2 Å². The van der Waals surface area contributed by atoms with Crippen LogP contribution in [0.1, 0.15) is 12.6 Å². The highest BCUT2D eigenvalue weighted by Crippen LogP contribution is 2.38. The van der Waals surface area contributed by atoms with Gasteiger partial charge in [0.05, 0.1) is 19.0 Å². The number of aliphatic hydroxyl groups is 4. The summed E-state index contributed by atoms with van der Waals surface area (Å²) in [7, 11) is 0. The molecule has 0 bridgehead atoms. The van der Waals surface area contributed by atoms with Gasteiger partial charge in [-0.2, -0.15) is 0 Å². The Labute approximate surface area is 131 Å². The van der Waals surface area contributed by atoms with E-state index in [0.29, 0.717) is 11.2 Å². The summed E-state index contributed by atoms with van der Waals surface area (Å²) in [6, 6.07) is 0. The number of aromatic nitrogens is 4. The minimum Gasteiger partial charge on any atom is -0.396 e. The molecule has 3 rings (SSSR count). The maximum Gasteiger partial charge on any atom is 0.167 e. The molecule has 0 aliphatic carbocycles. The zero-order valence-corrected chi connectivity index (χ0v) is 12.2. The van der Waals surface area contributed by atoms with Crippen molar-refractivity contribution in [3.05, 3.63) is 12.7 Å². The van der Waals surface area contributed by atoms with Crippen molar-refractivity contribution in [1.82, 2.24) is 19.5 Å². The number of nitrogens with two attached hydrogens (primary N) is 1. The summed E-state index contributed by atoms with van der Waals surface area (Å²) in [5, 5.41) is 38.8. The predicted molar refractivity (Wildman–Crippen MR) is 77.9 cm³/mol. The van der Waals surface area contributed by atoms with Crippen LogP contribution in [0.4, 0.5) is 5.82 Å². The molecule has 3 heterocycles. The monoisotopic (exact) mass is 325 g/mol. The number of nitrogen functional groups attached to an aromatic ring is 1. The van der Waals surface area contributed by atoms with Gasteiger partial charge < -0.3 is 30.9 Å². The van der Waals surface area contributed by atoms with Crippen molar-refractivity contribution in [3.63, 3.8) is 0 Å². The quantitative estimate of drug-likeness (QED) is 0.419. The third kappa shape index (κ3) is 2.64. The van der Waals surface area contributed by atoms with Gasteiger partial charge in [0.15, 0.2) is 17.7 Å². The predicted octanol–water partition coefficient (Wildman–Crippen LogP) is -1.98. The van der Waals surface area contributed by atoms with E-state index in [1.165, 1.54) is 17.2 Å². The summed E-state index contributed by atoms with van der Waals surface area (Å²) < 4.78 is 7.24. The smallest absolute Gasteiger partial charge is 0.167 e. The fraction of sp³-hybridized carbons (Fsp3) is 0.615. The molecule has 10 nitrogen and oxygen atoms in total. The van der Waals surface area contributed by atoms with E-state index in [2.05, 4.69) is 15.0 Å². The first-order valence-corrected chi connectivity index (χ1v) is 7.24. The number of hydrogen-bond donors (Lipinski definition) is 5. The summed E-state index contributed by atoms with van der Waals surface area (Å²) in [5.74, 6) is -0.330.